The second-order valence-corrected chi connectivity index (χ2v) is 6.34. The van der Waals surface area contributed by atoms with Gasteiger partial charge in [-0.25, -0.2) is 0 Å². The van der Waals surface area contributed by atoms with Gasteiger partial charge in [-0.2, -0.15) is 0 Å². The average molecular weight is 399 g/mol. The highest BCUT2D eigenvalue weighted by Crippen LogP contribution is 2.29. The smallest absolute Gasteiger partial charge is 0.276 e. The number of nitrogens with one attached hydrogen (secondary N) is 2. The first-order valence-electron chi connectivity index (χ1n) is 8.40. The van der Waals surface area contributed by atoms with Gasteiger partial charge in [0.2, 0.25) is 0 Å². The van der Waals surface area contributed by atoms with Crippen LogP contribution in [0, 0.1) is 6.92 Å². The summed E-state index contributed by atoms with van der Waals surface area (Å²) in [7, 11) is 3.08. The molecule has 0 aliphatic rings. The average Bonchev–Trinajstić information content (AvgIpc) is 2.71. The number of benzene rings is 2. The molecule has 28 heavy (non-hydrogen) atoms. The van der Waals surface area contributed by atoms with Crippen LogP contribution in [0.1, 0.15) is 16.1 Å². The van der Waals surface area contributed by atoms with Gasteiger partial charge < -0.3 is 20.1 Å². The van der Waals surface area contributed by atoms with Crippen LogP contribution in [0.4, 0.5) is 17.2 Å². The van der Waals surface area contributed by atoms with Crippen molar-refractivity contribution in [3.8, 4) is 11.5 Å². The zero-order chi connectivity index (χ0) is 20.1. The van der Waals surface area contributed by atoms with Crippen LogP contribution in [0.25, 0.3) is 0 Å². The van der Waals surface area contributed by atoms with E-state index in [1.165, 1.54) is 7.11 Å². The van der Waals surface area contributed by atoms with Gasteiger partial charge in [-0.1, -0.05) is 17.7 Å². The third kappa shape index (κ3) is 4.50. The summed E-state index contributed by atoms with van der Waals surface area (Å²) in [6.07, 6.45) is 0. The van der Waals surface area contributed by atoms with Crippen molar-refractivity contribution in [2.24, 2.45) is 0 Å². The van der Waals surface area contributed by atoms with Crippen LogP contribution in [-0.4, -0.2) is 30.3 Å². The Morgan fingerprint density at radius 3 is 2.46 bits per heavy atom. The molecule has 0 aliphatic heterocycles. The van der Waals surface area contributed by atoms with Crippen LogP contribution in [0.5, 0.6) is 11.5 Å². The summed E-state index contributed by atoms with van der Waals surface area (Å²) in [6, 6.07) is 13.9. The number of hydrogen-bond donors (Lipinski definition) is 2. The fourth-order valence-electron chi connectivity index (χ4n) is 2.48. The number of aryl methyl sites for hydroxylation is 1. The van der Waals surface area contributed by atoms with Crippen molar-refractivity contribution in [1.82, 2.24) is 10.2 Å². The van der Waals surface area contributed by atoms with Gasteiger partial charge in [-0.05, 0) is 48.9 Å². The summed E-state index contributed by atoms with van der Waals surface area (Å²) in [5.41, 5.74) is 2.51. The van der Waals surface area contributed by atoms with Crippen LogP contribution < -0.4 is 20.1 Å². The second-order valence-electron chi connectivity index (χ2n) is 5.91. The molecule has 0 spiro atoms. The Labute approximate surface area is 167 Å². The Hall–Kier alpha value is -3.32. The number of ether oxygens (including phenoxy) is 2. The Morgan fingerprint density at radius 1 is 0.964 bits per heavy atom. The summed E-state index contributed by atoms with van der Waals surface area (Å²) in [5, 5.41) is 14.6. The van der Waals surface area contributed by atoms with Crippen molar-refractivity contribution in [3.05, 3.63) is 64.8 Å². The molecule has 144 valence electrons. The molecule has 0 unspecified atom stereocenters. The third-order valence-corrected chi connectivity index (χ3v) is 4.25. The molecule has 3 rings (SSSR count). The van der Waals surface area contributed by atoms with Crippen molar-refractivity contribution in [1.29, 1.82) is 0 Å². The zero-order valence-electron chi connectivity index (χ0n) is 15.6. The number of methoxy groups -OCH3 is 2. The molecule has 0 saturated carbocycles. The van der Waals surface area contributed by atoms with Crippen molar-refractivity contribution >= 4 is 34.7 Å². The van der Waals surface area contributed by atoms with Gasteiger partial charge in [0, 0.05) is 16.8 Å². The third-order valence-electron chi connectivity index (χ3n) is 4.02. The molecule has 0 fully saturated rings. The molecule has 1 heterocycles. The first-order valence-corrected chi connectivity index (χ1v) is 8.78. The maximum Gasteiger partial charge on any atom is 0.276 e. The summed E-state index contributed by atoms with van der Waals surface area (Å²) in [5.74, 6) is 1.21. The lowest BCUT2D eigenvalue weighted by atomic mass is 10.2. The first kappa shape index (κ1) is 19.4. The predicted octanol–water partition coefficient (Wildman–Crippen LogP) is 4.45. The summed E-state index contributed by atoms with van der Waals surface area (Å²) in [4.78, 5) is 12.5. The Kier molecular flexibility index (Phi) is 5.96. The number of nitrogens with zero attached hydrogens (tertiary/aromatic N) is 2. The Morgan fingerprint density at radius 2 is 1.79 bits per heavy atom. The molecule has 0 radical (unpaired) electrons. The Balaban J connectivity index is 1.73. The van der Waals surface area contributed by atoms with Gasteiger partial charge in [0.25, 0.3) is 5.91 Å². The number of anilines is 3. The zero-order valence-corrected chi connectivity index (χ0v) is 16.4. The van der Waals surface area contributed by atoms with Gasteiger partial charge in [0.05, 0.1) is 19.9 Å². The van der Waals surface area contributed by atoms with Crippen molar-refractivity contribution in [2.75, 3.05) is 24.9 Å². The highest BCUT2D eigenvalue weighted by molar-refractivity contribution is 6.30. The minimum Gasteiger partial charge on any atom is -0.497 e. The molecule has 2 aromatic carbocycles. The minimum atomic E-state index is -0.401. The van der Waals surface area contributed by atoms with E-state index in [4.69, 9.17) is 21.1 Å². The maximum atomic E-state index is 12.5. The molecule has 8 heteroatoms. The van der Waals surface area contributed by atoms with Gasteiger partial charge >= 0.3 is 0 Å². The Bertz CT molecular complexity index is 993. The number of aromatic nitrogens is 2. The minimum absolute atomic E-state index is 0.172. The monoisotopic (exact) mass is 398 g/mol. The lowest BCUT2D eigenvalue weighted by molar-refractivity contribution is 0.102. The molecule has 1 aromatic heterocycles. The standard InChI is InChI=1S/C20H19ClN4O3/c1-12-4-5-13(21)10-17(12)22-19-9-8-16(24-25-19)20(26)23-15-7-6-14(27-2)11-18(15)28-3/h4-11H,1-3H3,(H,22,25)(H,23,26). The first-order chi connectivity index (χ1) is 13.5. The second kappa shape index (κ2) is 8.58. The fraction of sp³-hybridized carbons (Fsp3) is 0.150. The summed E-state index contributed by atoms with van der Waals surface area (Å²) in [6.45, 7) is 1.95. The largest absolute Gasteiger partial charge is 0.497 e. The van der Waals surface area contributed by atoms with E-state index in [2.05, 4.69) is 20.8 Å². The number of amides is 1. The number of rotatable bonds is 6. The van der Waals surface area contributed by atoms with Crippen molar-refractivity contribution < 1.29 is 14.3 Å². The quantitative estimate of drug-likeness (QED) is 0.638. The molecule has 0 atom stereocenters. The number of carbonyl (C=O) groups is 1. The molecule has 7 nitrogen and oxygen atoms in total. The number of carbonyl (C=O) groups excluding carboxylic acids is 1. The van der Waals surface area contributed by atoms with E-state index < -0.39 is 5.91 Å². The van der Waals surface area contributed by atoms with E-state index in [1.54, 1.807) is 43.5 Å². The van der Waals surface area contributed by atoms with Crippen LogP contribution in [0.3, 0.4) is 0 Å². The molecule has 0 aliphatic carbocycles. The summed E-state index contributed by atoms with van der Waals surface area (Å²) < 4.78 is 10.4. The molecule has 1 amide bonds. The van der Waals surface area contributed by atoms with E-state index in [-0.39, 0.29) is 5.69 Å². The summed E-state index contributed by atoms with van der Waals surface area (Å²) >= 11 is 6.02. The van der Waals surface area contributed by atoms with Gasteiger partial charge in [-0.3, -0.25) is 4.79 Å². The highest BCUT2D eigenvalue weighted by Gasteiger charge is 2.13. The topological polar surface area (TPSA) is 85.4 Å². The highest BCUT2D eigenvalue weighted by atomic mass is 35.5. The molecule has 2 N–H and O–H groups in total. The van der Waals surface area contributed by atoms with Crippen molar-refractivity contribution in [2.45, 2.75) is 6.92 Å². The van der Waals surface area contributed by atoms with Gasteiger partial charge in [0.15, 0.2) is 11.5 Å². The molecular weight excluding hydrogens is 380 g/mol. The number of halogens is 1. The predicted molar refractivity (Wildman–Crippen MR) is 109 cm³/mol. The van der Waals surface area contributed by atoms with E-state index in [0.29, 0.717) is 28.0 Å². The fourth-order valence-corrected chi connectivity index (χ4v) is 2.65. The van der Waals surface area contributed by atoms with Crippen molar-refractivity contribution in [3.63, 3.8) is 0 Å². The lowest BCUT2D eigenvalue weighted by Crippen LogP contribution is -2.15. The molecule has 0 saturated heterocycles. The van der Waals surface area contributed by atoms with E-state index in [1.807, 2.05) is 19.1 Å². The van der Waals surface area contributed by atoms with Crippen LogP contribution >= 0.6 is 11.6 Å². The molecule has 0 bridgehead atoms. The normalized spacial score (nSPS) is 10.3. The molecule has 3 aromatic rings. The maximum absolute atomic E-state index is 12.5. The van der Waals surface area contributed by atoms with Gasteiger partial charge in [-0.15, -0.1) is 10.2 Å². The van der Waals surface area contributed by atoms with Crippen LogP contribution in [0.15, 0.2) is 48.5 Å². The lowest BCUT2D eigenvalue weighted by Gasteiger charge is -2.12. The SMILES string of the molecule is COc1ccc(NC(=O)c2ccc(Nc3cc(Cl)ccc3C)nn2)c(OC)c1. The van der Waals surface area contributed by atoms with E-state index in [0.717, 1.165) is 11.3 Å². The van der Waals surface area contributed by atoms with E-state index in [9.17, 15) is 4.79 Å². The van der Waals surface area contributed by atoms with E-state index >= 15 is 0 Å². The van der Waals surface area contributed by atoms with Crippen LogP contribution in [-0.2, 0) is 0 Å². The number of hydrogen-bond acceptors (Lipinski definition) is 6. The van der Waals surface area contributed by atoms with Crippen LogP contribution in [0.2, 0.25) is 5.02 Å². The van der Waals surface area contributed by atoms with Gasteiger partial charge in [0.1, 0.15) is 11.5 Å². The molecular formula is C20H19ClN4O3.